The Morgan fingerprint density at radius 2 is 2.10 bits per heavy atom. The Bertz CT molecular complexity index is 670. The molecule has 1 saturated carbocycles. The number of hydrogen-bond acceptors (Lipinski definition) is 4. The Hall–Kier alpha value is -1.27. The van der Waals surface area contributed by atoms with Gasteiger partial charge in [-0.05, 0) is 30.0 Å². The van der Waals surface area contributed by atoms with Crippen molar-refractivity contribution in [2.75, 3.05) is 7.11 Å². The van der Waals surface area contributed by atoms with Crippen molar-refractivity contribution >= 4 is 25.6 Å². The molecule has 1 aromatic rings. The molecule has 0 aliphatic heterocycles. The first kappa shape index (κ1) is 16.1. The molecule has 2 rings (SSSR count). The Morgan fingerprint density at radius 3 is 2.57 bits per heavy atom. The quantitative estimate of drug-likeness (QED) is 0.838. The summed E-state index contributed by atoms with van der Waals surface area (Å²) < 4.78 is 27.9. The summed E-state index contributed by atoms with van der Waals surface area (Å²) in [5.41, 5.74) is 0.635. The predicted molar refractivity (Wildman–Crippen MR) is 80.1 cm³/mol. The lowest BCUT2D eigenvalue weighted by atomic mass is 10.1. The molecule has 7 heteroatoms. The topological polar surface area (TPSA) is 72.5 Å². The largest absolute Gasteiger partial charge is 0.496 e. The summed E-state index contributed by atoms with van der Waals surface area (Å²) in [7, 11) is 2.96. The number of methoxy groups -OCH3 is 1. The lowest BCUT2D eigenvalue weighted by Crippen LogP contribution is -2.29. The van der Waals surface area contributed by atoms with Gasteiger partial charge in [0.25, 0.3) is 9.05 Å². The first-order valence-corrected chi connectivity index (χ1v) is 8.85. The molecule has 0 heterocycles. The fourth-order valence-electron chi connectivity index (χ4n) is 2.18. The van der Waals surface area contributed by atoms with Crippen LogP contribution in [0.4, 0.5) is 0 Å². The molecule has 1 fully saturated rings. The van der Waals surface area contributed by atoms with Gasteiger partial charge in [0.15, 0.2) is 0 Å². The average molecular weight is 332 g/mol. The van der Waals surface area contributed by atoms with Crippen LogP contribution in [0.2, 0.25) is 0 Å². The third-order valence-corrected chi connectivity index (χ3v) is 5.08. The second-order valence-corrected chi connectivity index (χ2v) is 8.47. The maximum absolute atomic E-state index is 12.0. The van der Waals surface area contributed by atoms with Gasteiger partial charge >= 0.3 is 0 Å². The number of ether oxygens (including phenoxy) is 1. The molecule has 0 aromatic heterocycles. The molecule has 5 nitrogen and oxygen atoms in total. The molecule has 116 valence electrons. The Balaban J connectivity index is 2.16. The van der Waals surface area contributed by atoms with E-state index in [1.54, 1.807) is 0 Å². The van der Waals surface area contributed by atoms with Crippen molar-refractivity contribution in [1.29, 1.82) is 0 Å². The van der Waals surface area contributed by atoms with Crippen molar-refractivity contribution in [1.82, 2.24) is 5.32 Å². The molecule has 0 radical (unpaired) electrons. The van der Waals surface area contributed by atoms with Crippen molar-refractivity contribution < 1.29 is 17.9 Å². The maximum Gasteiger partial charge on any atom is 0.261 e. The zero-order valence-corrected chi connectivity index (χ0v) is 13.7. The fraction of sp³-hybridized carbons (Fsp3) is 0.500. The fourth-order valence-corrected chi connectivity index (χ4v) is 2.98. The van der Waals surface area contributed by atoms with E-state index in [-0.39, 0.29) is 28.7 Å². The highest BCUT2D eigenvalue weighted by molar-refractivity contribution is 8.13. The molecular formula is C14H18ClNO4S. The Labute approximate surface area is 129 Å². The van der Waals surface area contributed by atoms with Gasteiger partial charge in [0, 0.05) is 22.3 Å². The smallest absolute Gasteiger partial charge is 0.261 e. The van der Waals surface area contributed by atoms with Crippen LogP contribution in [0.15, 0.2) is 23.1 Å². The van der Waals surface area contributed by atoms with E-state index in [0.717, 1.165) is 6.42 Å². The number of carbonyl (C=O) groups excluding carboxylic acids is 1. The van der Waals surface area contributed by atoms with Crippen LogP contribution in [0.5, 0.6) is 5.75 Å². The number of benzene rings is 1. The van der Waals surface area contributed by atoms with Gasteiger partial charge in [-0.25, -0.2) is 8.42 Å². The molecule has 0 bridgehead atoms. The van der Waals surface area contributed by atoms with Crippen molar-refractivity contribution in [3.63, 3.8) is 0 Å². The second-order valence-electron chi connectivity index (χ2n) is 5.90. The highest BCUT2D eigenvalue weighted by Gasteiger charge is 2.46. The molecule has 1 amide bonds. The third-order valence-electron chi connectivity index (χ3n) is 3.73. The van der Waals surface area contributed by atoms with Gasteiger partial charge in [0.05, 0.1) is 18.4 Å². The molecule has 0 saturated heterocycles. The number of halogens is 1. The van der Waals surface area contributed by atoms with E-state index in [9.17, 15) is 13.2 Å². The van der Waals surface area contributed by atoms with Crippen molar-refractivity contribution in [2.45, 2.75) is 37.6 Å². The van der Waals surface area contributed by atoms with Gasteiger partial charge in [-0.15, -0.1) is 0 Å². The molecule has 0 spiro atoms. The van der Waals surface area contributed by atoms with Crippen molar-refractivity contribution in [3.8, 4) is 5.75 Å². The number of amides is 1. The number of rotatable bonds is 5. The Morgan fingerprint density at radius 1 is 1.48 bits per heavy atom. The van der Waals surface area contributed by atoms with Crippen LogP contribution >= 0.6 is 10.7 Å². The van der Waals surface area contributed by atoms with Gasteiger partial charge < -0.3 is 10.1 Å². The van der Waals surface area contributed by atoms with Crippen LogP contribution in [-0.2, 0) is 20.3 Å². The lowest BCUT2D eigenvalue weighted by molar-refractivity contribution is -0.120. The van der Waals surface area contributed by atoms with E-state index in [2.05, 4.69) is 19.2 Å². The van der Waals surface area contributed by atoms with Gasteiger partial charge in [-0.3, -0.25) is 4.79 Å². The van der Waals surface area contributed by atoms with Gasteiger partial charge in [0.2, 0.25) is 5.91 Å². The summed E-state index contributed by atoms with van der Waals surface area (Å²) in [6, 6.07) is 4.40. The number of nitrogens with one attached hydrogen (secondary N) is 1. The second kappa shape index (κ2) is 5.50. The average Bonchev–Trinajstić information content (AvgIpc) is 2.94. The van der Waals surface area contributed by atoms with Gasteiger partial charge in [0.1, 0.15) is 5.75 Å². The summed E-state index contributed by atoms with van der Waals surface area (Å²) in [4.78, 5) is 12.0. The molecular weight excluding hydrogens is 314 g/mol. The van der Waals surface area contributed by atoms with Crippen LogP contribution in [0.3, 0.4) is 0 Å². The van der Waals surface area contributed by atoms with Crippen LogP contribution in [0.25, 0.3) is 0 Å². The highest BCUT2D eigenvalue weighted by atomic mass is 35.7. The summed E-state index contributed by atoms with van der Waals surface area (Å²) in [5.74, 6) is 0.303. The molecule has 1 atom stereocenters. The summed E-state index contributed by atoms with van der Waals surface area (Å²) in [5, 5.41) is 2.93. The van der Waals surface area contributed by atoms with E-state index >= 15 is 0 Å². The Kier molecular flexibility index (Phi) is 4.22. The normalized spacial score (nSPS) is 19.9. The van der Waals surface area contributed by atoms with E-state index in [4.69, 9.17) is 15.4 Å². The van der Waals surface area contributed by atoms with Crippen molar-refractivity contribution in [3.05, 3.63) is 23.8 Å². The highest BCUT2D eigenvalue weighted by Crippen LogP contribution is 2.44. The minimum absolute atomic E-state index is 0.0421. The molecule has 1 aromatic carbocycles. The van der Waals surface area contributed by atoms with Gasteiger partial charge in [-0.2, -0.15) is 0 Å². The number of hydrogen-bond donors (Lipinski definition) is 1. The number of carbonyl (C=O) groups is 1. The minimum atomic E-state index is -3.83. The van der Waals surface area contributed by atoms with Crippen LogP contribution in [0, 0.1) is 5.41 Å². The lowest BCUT2D eigenvalue weighted by Gasteiger charge is -2.11. The molecule has 1 aliphatic carbocycles. The van der Waals surface area contributed by atoms with E-state index in [0.29, 0.717) is 11.3 Å². The van der Waals surface area contributed by atoms with E-state index in [1.165, 1.54) is 25.3 Å². The SMILES string of the molecule is COc1ccc(S(=O)(=O)Cl)cc1CC(=O)NC1CC1(C)C. The predicted octanol–water partition coefficient (Wildman–Crippen LogP) is 2.08. The van der Waals surface area contributed by atoms with Crippen LogP contribution in [0.1, 0.15) is 25.8 Å². The van der Waals surface area contributed by atoms with Crippen molar-refractivity contribution in [2.24, 2.45) is 5.41 Å². The first-order chi connectivity index (χ1) is 9.63. The van der Waals surface area contributed by atoms with Crippen LogP contribution in [-0.4, -0.2) is 27.5 Å². The van der Waals surface area contributed by atoms with E-state index < -0.39 is 9.05 Å². The third kappa shape index (κ3) is 3.89. The first-order valence-electron chi connectivity index (χ1n) is 6.54. The monoisotopic (exact) mass is 331 g/mol. The summed E-state index contributed by atoms with van der Waals surface area (Å²) in [6.07, 6.45) is 1.00. The zero-order chi connectivity index (χ0) is 15.8. The standard InChI is InChI=1S/C14H18ClNO4S/c1-14(2)8-12(14)16-13(17)7-9-6-10(21(15,18)19)4-5-11(9)20-3/h4-6,12H,7-8H2,1-3H3,(H,16,17). The summed E-state index contributed by atoms with van der Waals surface area (Å²) >= 11 is 0. The maximum atomic E-state index is 12.0. The van der Waals surface area contributed by atoms with Gasteiger partial charge in [-0.1, -0.05) is 13.8 Å². The zero-order valence-electron chi connectivity index (χ0n) is 12.1. The minimum Gasteiger partial charge on any atom is -0.496 e. The van der Waals surface area contributed by atoms with E-state index in [1.807, 2.05) is 0 Å². The molecule has 21 heavy (non-hydrogen) atoms. The van der Waals surface area contributed by atoms with Crippen LogP contribution < -0.4 is 10.1 Å². The molecule has 1 N–H and O–H groups in total. The summed E-state index contributed by atoms with van der Waals surface area (Å²) in [6.45, 7) is 4.17. The molecule has 1 aliphatic rings. The molecule has 1 unspecified atom stereocenters.